The molecule has 1 aliphatic heterocycles. The Labute approximate surface area is 126 Å². The lowest BCUT2D eigenvalue weighted by atomic mass is 10.1. The molecule has 126 valence electrons. The van der Waals surface area contributed by atoms with Crippen molar-refractivity contribution in [3.63, 3.8) is 0 Å². The van der Waals surface area contributed by atoms with Gasteiger partial charge in [0, 0.05) is 0 Å². The molecule has 0 bridgehead atoms. The largest absolute Gasteiger partial charge is 0.438 e. The van der Waals surface area contributed by atoms with E-state index in [0.29, 0.717) is 0 Å². The van der Waals surface area contributed by atoms with E-state index < -0.39 is 47.5 Å². The summed E-state index contributed by atoms with van der Waals surface area (Å²) < 4.78 is 76.7. The highest BCUT2D eigenvalue weighted by atomic mass is 19.4. The van der Waals surface area contributed by atoms with Gasteiger partial charge in [-0.15, -0.1) is 0 Å². The summed E-state index contributed by atoms with van der Waals surface area (Å²) in [6.07, 6.45) is -13.2. The van der Waals surface area contributed by atoms with E-state index in [4.69, 9.17) is 0 Å². The molecule has 0 fully saturated rings. The summed E-state index contributed by atoms with van der Waals surface area (Å²) in [5, 5.41) is 11.8. The van der Waals surface area contributed by atoms with Gasteiger partial charge in [0.2, 0.25) is 5.91 Å². The van der Waals surface area contributed by atoms with Crippen LogP contribution < -0.4 is 0 Å². The summed E-state index contributed by atoms with van der Waals surface area (Å²) in [5.74, 6) is -1.39. The summed E-state index contributed by atoms with van der Waals surface area (Å²) >= 11 is 0. The van der Waals surface area contributed by atoms with Gasteiger partial charge >= 0.3 is 12.4 Å². The minimum atomic E-state index is -5.49. The Hall–Kier alpha value is -2.10. The van der Waals surface area contributed by atoms with Crippen LogP contribution in [0.25, 0.3) is 0 Å². The molecule has 0 unspecified atom stereocenters. The molecular formula is C13H10F6N2O2. The number of halogens is 6. The maximum Gasteiger partial charge on any atom is 0.438 e. The molecule has 0 spiro atoms. The molecule has 1 heterocycles. The van der Waals surface area contributed by atoms with Crippen molar-refractivity contribution >= 4 is 11.6 Å². The highest BCUT2D eigenvalue weighted by Gasteiger charge is 2.65. The van der Waals surface area contributed by atoms with Crippen molar-refractivity contribution in [2.75, 3.05) is 0 Å². The van der Waals surface area contributed by atoms with Crippen LogP contribution in [0.2, 0.25) is 0 Å². The number of benzene rings is 1. The number of nitrogens with zero attached hydrogens (tertiary/aromatic N) is 2. The minimum Gasteiger partial charge on any atom is -0.362 e. The Balaban J connectivity index is 2.34. The SMILES string of the molecule is O=C(Cc1ccccc1)N1N=C(C(F)(F)F)C[C@@]1(O)C(F)(F)F. The van der Waals surface area contributed by atoms with Crippen molar-refractivity contribution in [3.05, 3.63) is 35.9 Å². The molecule has 1 N–H and O–H groups in total. The smallest absolute Gasteiger partial charge is 0.362 e. The van der Waals surface area contributed by atoms with Gasteiger partial charge in [-0.05, 0) is 5.56 Å². The molecule has 1 atom stereocenters. The number of alkyl halides is 6. The fourth-order valence-corrected chi connectivity index (χ4v) is 2.03. The quantitative estimate of drug-likeness (QED) is 0.842. The van der Waals surface area contributed by atoms with E-state index in [9.17, 15) is 36.2 Å². The van der Waals surface area contributed by atoms with Gasteiger partial charge in [0.1, 0.15) is 5.71 Å². The Morgan fingerprint density at radius 3 is 2.22 bits per heavy atom. The maximum absolute atomic E-state index is 13.0. The molecule has 2 rings (SSSR count). The molecule has 1 aliphatic rings. The van der Waals surface area contributed by atoms with Gasteiger partial charge in [0.05, 0.1) is 12.8 Å². The van der Waals surface area contributed by atoms with Crippen molar-refractivity contribution in [1.82, 2.24) is 5.01 Å². The highest BCUT2D eigenvalue weighted by Crippen LogP contribution is 2.43. The molecular weight excluding hydrogens is 330 g/mol. The summed E-state index contributed by atoms with van der Waals surface area (Å²) in [6.45, 7) is 0. The van der Waals surface area contributed by atoms with Crippen molar-refractivity contribution in [2.45, 2.75) is 30.9 Å². The highest BCUT2D eigenvalue weighted by molar-refractivity contribution is 5.94. The number of hydrogen-bond acceptors (Lipinski definition) is 3. The van der Waals surface area contributed by atoms with Crippen LogP contribution in [0.1, 0.15) is 12.0 Å². The topological polar surface area (TPSA) is 52.9 Å². The third kappa shape index (κ3) is 3.31. The second kappa shape index (κ2) is 5.52. The fraction of sp³-hybridized carbons (Fsp3) is 0.385. The molecule has 10 heteroatoms. The van der Waals surface area contributed by atoms with Gasteiger partial charge in [-0.3, -0.25) is 4.79 Å². The Kier molecular flexibility index (Phi) is 4.14. The first-order valence-corrected chi connectivity index (χ1v) is 6.26. The Morgan fingerprint density at radius 2 is 1.74 bits per heavy atom. The molecule has 1 aromatic rings. The number of hydrazone groups is 1. The predicted molar refractivity (Wildman–Crippen MR) is 66.1 cm³/mol. The lowest BCUT2D eigenvalue weighted by molar-refractivity contribution is -0.302. The third-order valence-corrected chi connectivity index (χ3v) is 3.20. The molecule has 1 aromatic carbocycles. The normalized spacial score (nSPS) is 22.2. The molecule has 4 nitrogen and oxygen atoms in total. The molecule has 0 aliphatic carbocycles. The summed E-state index contributed by atoms with van der Waals surface area (Å²) in [4.78, 5) is 11.9. The van der Waals surface area contributed by atoms with E-state index >= 15 is 0 Å². The average molecular weight is 340 g/mol. The van der Waals surface area contributed by atoms with Crippen LogP contribution in [-0.4, -0.2) is 39.8 Å². The molecule has 0 radical (unpaired) electrons. The number of hydrogen-bond donors (Lipinski definition) is 1. The maximum atomic E-state index is 13.0. The number of carbonyl (C=O) groups is 1. The van der Waals surface area contributed by atoms with E-state index in [1.54, 1.807) is 6.07 Å². The van der Waals surface area contributed by atoms with Gasteiger partial charge in [0.25, 0.3) is 5.72 Å². The Bertz CT molecular complexity index is 626. The zero-order chi connectivity index (χ0) is 17.5. The molecule has 1 amide bonds. The molecule has 0 aromatic heterocycles. The Morgan fingerprint density at radius 1 is 1.17 bits per heavy atom. The van der Waals surface area contributed by atoms with Crippen LogP contribution in [0.5, 0.6) is 0 Å². The second-order valence-electron chi connectivity index (χ2n) is 4.90. The molecule has 0 saturated carbocycles. The van der Waals surface area contributed by atoms with Crippen LogP contribution in [0.3, 0.4) is 0 Å². The lowest BCUT2D eigenvalue weighted by Crippen LogP contribution is -2.57. The van der Waals surface area contributed by atoms with Crippen molar-refractivity contribution < 1.29 is 36.2 Å². The number of aliphatic hydroxyl groups is 1. The first-order valence-electron chi connectivity index (χ1n) is 6.26. The van der Waals surface area contributed by atoms with E-state index in [1.807, 2.05) is 0 Å². The summed E-state index contributed by atoms with van der Waals surface area (Å²) in [7, 11) is 0. The number of rotatable bonds is 2. The van der Waals surface area contributed by atoms with E-state index in [-0.39, 0.29) is 5.56 Å². The monoisotopic (exact) mass is 340 g/mol. The minimum absolute atomic E-state index is 0.276. The molecule has 23 heavy (non-hydrogen) atoms. The summed E-state index contributed by atoms with van der Waals surface area (Å²) in [5.41, 5.74) is -5.60. The van der Waals surface area contributed by atoms with Crippen LogP contribution in [-0.2, 0) is 11.2 Å². The van der Waals surface area contributed by atoms with Crippen LogP contribution in [0, 0.1) is 0 Å². The predicted octanol–water partition coefficient (Wildman–Crippen LogP) is 2.63. The standard InChI is InChI=1S/C13H10F6N2O2/c14-12(15,16)9-7-11(23,13(17,18)19)21(20-9)10(22)6-8-4-2-1-3-5-8/h1-5,23H,6-7H2/t11-/m1/s1. The van der Waals surface area contributed by atoms with Crippen LogP contribution in [0.15, 0.2) is 35.4 Å². The van der Waals surface area contributed by atoms with Gasteiger partial charge in [-0.1, -0.05) is 30.3 Å². The van der Waals surface area contributed by atoms with Crippen molar-refractivity contribution in [3.8, 4) is 0 Å². The van der Waals surface area contributed by atoms with E-state index in [2.05, 4.69) is 5.10 Å². The van der Waals surface area contributed by atoms with E-state index in [0.717, 1.165) is 0 Å². The first kappa shape index (κ1) is 17.3. The number of carbonyl (C=O) groups excluding carboxylic acids is 1. The van der Waals surface area contributed by atoms with Crippen LogP contribution in [0.4, 0.5) is 26.3 Å². The van der Waals surface area contributed by atoms with Gasteiger partial charge in [0.15, 0.2) is 0 Å². The van der Waals surface area contributed by atoms with Gasteiger partial charge in [-0.2, -0.15) is 36.5 Å². The third-order valence-electron chi connectivity index (χ3n) is 3.20. The average Bonchev–Trinajstić information content (AvgIpc) is 2.79. The second-order valence-corrected chi connectivity index (χ2v) is 4.90. The van der Waals surface area contributed by atoms with Crippen molar-refractivity contribution in [2.24, 2.45) is 5.10 Å². The van der Waals surface area contributed by atoms with Crippen LogP contribution >= 0.6 is 0 Å². The van der Waals surface area contributed by atoms with Gasteiger partial charge < -0.3 is 5.11 Å². The van der Waals surface area contributed by atoms with Gasteiger partial charge in [-0.25, -0.2) is 0 Å². The lowest BCUT2D eigenvalue weighted by Gasteiger charge is -2.32. The number of amides is 1. The van der Waals surface area contributed by atoms with E-state index in [1.165, 1.54) is 24.3 Å². The fourth-order valence-electron chi connectivity index (χ4n) is 2.03. The summed E-state index contributed by atoms with van der Waals surface area (Å²) in [6, 6.07) is 7.43. The zero-order valence-corrected chi connectivity index (χ0v) is 11.3. The zero-order valence-electron chi connectivity index (χ0n) is 11.3. The molecule has 0 saturated heterocycles. The van der Waals surface area contributed by atoms with Crippen molar-refractivity contribution in [1.29, 1.82) is 0 Å². The first-order chi connectivity index (χ1) is 10.4.